The van der Waals surface area contributed by atoms with E-state index in [9.17, 15) is 4.79 Å². The standard InChI is InChI=1S/C15H31NO3/c1-6-7-11-19-12-9-8-10-15(4,14(17)18-5)16-13(2)3/h13,16H,6-12H2,1-5H3. The largest absolute Gasteiger partial charge is 0.468 e. The van der Waals surface area contributed by atoms with Gasteiger partial charge in [0.25, 0.3) is 0 Å². The lowest BCUT2D eigenvalue weighted by Crippen LogP contribution is -2.52. The Morgan fingerprint density at radius 2 is 1.84 bits per heavy atom. The van der Waals surface area contributed by atoms with E-state index in [0.29, 0.717) is 0 Å². The molecule has 4 nitrogen and oxygen atoms in total. The number of unbranched alkanes of at least 4 members (excludes halogenated alkanes) is 2. The van der Waals surface area contributed by atoms with E-state index in [0.717, 1.165) is 38.9 Å². The molecule has 0 aromatic carbocycles. The Balaban J connectivity index is 3.97. The Hall–Kier alpha value is -0.610. The fraction of sp³-hybridized carbons (Fsp3) is 0.933. The number of hydrogen-bond acceptors (Lipinski definition) is 4. The van der Waals surface area contributed by atoms with Crippen LogP contribution in [0.4, 0.5) is 0 Å². The van der Waals surface area contributed by atoms with Gasteiger partial charge in [-0.05, 0) is 46.5 Å². The van der Waals surface area contributed by atoms with Gasteiger partial charge in [0.05, 0.1) is 7.11 Å². The summed E-state index contributed by atoms with van der Waals surface area (Å²) in [6.45, 7) is 9.76. The molecular weight excluding hydrogens is 242 g/mol. The summed E-state index contributed by atoms with van der Waals surface area (Å²) < 4.78 is 10.4. The molecule has 0 rings (SSSR count). The third-order valence-electron chi connectivity index (χ3n) is 3.10. The van der Waals surface area contributed by atoms with Gasteiger partial charge in [-0.2, -0.15) is 0 Å². The first-order valence-electron chi connectivity index (χ1n) is 7.40. The predicted octanol–water partition coefficient (Wildman–Crippen LogP) is 2.90. The van der Waals surface area contributed by atoms with Gasteiger partial charge in [-0.1, -0.05) is 13.3 Å². The molecule has 0 saturated heterocycles. The maximum Gasteiger partial charge on any atom is 0.325 e. The highest BCUT2D eigenvalue weighted by atomic mass is 16.5. The van der Waals surface area contributed by atoms with Crippen molar-refractivity contribution in [3.05, 3.63) is 0 Å². The van der Waals surface area contributed by atoms with E-state index in [2.05, 4.69) is 12.2 Å². The molecule has 0 fully saturated rings. The predicted molar refractivity (Wildman–Crippen MR) is 78.3 cm³/mol. The monoisotopic (exact) mass is 273 g/mol. The minimum atomic E-state index is -0.591. The Morgan fingerprint density at radius 1 is 1.21 bits per heavy atom. The molecule has 0 aromatic heterocycles. The number of rotatable bonds is 11. The Kier molecular flexibility index (Phi) is 9.88. The Bertz CT molecular complexity index is 244. The lowest BCUT2D eigenvalue weighted by atomic mass is 9.94. The van der Waals surface area contributed by atoms with Crippen LogP contribution in [-0.4, -0.2) is 37.9 Å². The van der Waals surface area contributed by atoms with E-state index in [-0.39, 0.29) is 12.0 Å². The molecule has 1 N–H and O–H groups in total. The summed E-state index contributed by atoms with van der Waals surface area (Å²) in [4.78, 5) is 11.9. The van der Waals surface area contributed by atoms with Gasteiger partial charge in [-0.3, -0.25) is 10.1 Å². The van der Waals surface area contributed by atoms with Gasteiger partial charge in [0.1, 0.15) is 5.54 Å². The topological polar surface area (TPSA) is 47.6 Å². The van der Waals surface area contributed by atoms with Crippen molar-refractivity contribution in [2.24, 2.45) is 0 Å². The van der Waals surface area contributed by atoms with Crippen LogP contribution in [0.5, 0.6) is 0 Å². The number of hydrogen-bond donors (Lipinski definition) is 1. The van der Waals surface area contributed by atoms with Crippen LogP contribution < -0.4 is 5.32 Å². The third kappa shape index (κ3) is 8.22. The highest BCUT2D eigenvalue weighted by Crippen LogP contribution is 2.17. The minimum Gasteiger partial charge on any atom is -0.468 e. The van der Waals surface area contributed by atoms with Crippen molar-refractivity contribution >= 4 is 5.97 Å². The van der Waals surface area contributed by atoms with Crippen LogP contribution in [0.3, 0.4) is 0 Å². The Morgan fingerprint density at radius 3 is 2.37 bits per heavy atom. The third-order valence-corrected chi connectivity index (χ3v) is 3.10. The molecule has 0 aliphatic carbocycles. The molecule has 0 spiro atoms. The zero-order valence-electron chi connectivity index (χ0n) is 13.3. The molecule has 0 aliphatic heterocycles. The smallest absolute Gasteiger partial charge is 0.325 e. The molecule has 0 radical (unpaired) electrons. The SMILES string of the molecule is CCCCOCCCCC(C)(NC(C)C)C(=O)OC. The van der Waals surface area contributed by atoms with Crippen molar-refractivity contribution in [3.63, 3.8) is 0 Å². The quantitative estimate of drug-likeness (QED) is 0.464. The van der Waals surface area contributed by atoms with Crippen molar-refractivity contribution in [2.45, 2.75) is 71.4 Å². The number of esters is 1. The Labute approximate surface area is 118 Å². The van der Waals surface area contributed by atoms with Gasteiger partial charge in [0.2, 0.25) is 0 Å². The summed E-state index contributed by atoms with van der Waals surface area (Å²) in [5.41, 5.74) is -0.591. The summed E-state index contributed by atoms with van der Waals surface area (Å²) >= 11 is 0. The van der Waals surface area contributed by atoms with E-state index in [1.807, 2.05) is 20.8 Å². The number of carbonyl (C=O) groups is 1. The molecule has 19 heavy (non-hydrogen) atoms. The van der Waals surface area contributed by atoms with E-state index in [1.54, 1.807) is 0 Å². The first-order valence-corrected chi connectivity index (χ1v) is 7.40. The van der Waals surface area contributed by atoms with E-state index < -0.39 is 5.54 Å². The van der Waals surface area contributed by atoms with Gasteiger partial charge >= 0.3 is 5.97 Å². The molecule has 1 unspecified atom stereocenters. The van der Waals surface area contributed by atoms with Crippen molar-refractivity contribution in [1.29, 1.82) is 0 Å². The molecule has 0 amide bonds. The first kappa shape index (κ1) is 18.4. The van der Waals surface area contributed by atoms with Crippen molar-refractivity contribution in [2.75, 3.05) is 20.3 Å². The van der Waals surface area contributed by atoms with Gasteiger partial charge in [-0.25, -0.2) is 0 Å². The van der Waals surface area contributed by atoms with Crippen LogP contribution in [0, 0.1) is 0 Å². The second kappa shape index (κ2) is 10.2. The fourth-order valence-electron chi connectivity index (χ4n) is 2.13. The van der Waals surface area contributed by atoms with Crippen molar-refractivity contribution in [3.8, 4) is 0 Å². The summed E-state index contributed by atoms with van der Waals surface area (Å²) in [6.07, 6.45) is 5.00. The average Bonchev–Trinajstić information content (AvgIpc) is 2.35. The zero-order chi connectivity index (χ0) is 14.7. The lowest BCUT2D eigenvalue weighted by molar-refractivity contribution is -0.148. The maximum atomic E-state index is 11.9. The van der Waals surface area contributed by atoms with Crippen molar-refractivity contribution in [1.82, 2.24) is 5.32 Å². The van der Waals surface area contributed by atoms with Crippen LogP contribution in [0.25, 0.3) is 0 Å². The number of ether oxygens (including phenoxy) is 2. The molecule has 114 valence electrons. The fourth-order valence-corrected chi connectivity index (χ4v) is 2.13. The van der Waals surface area contributed by atoms with Gasteiger partial charge in [0.15, 0.2) is 0 Å². The highest BCUT2D eigenvalue weighted by Gasteiger charge is 2.33. The molecule has 4 heteroatoms. The zero-order valence-corrected chi connectivity index (χ0v) is 13.3. The van der Waals surface area contributed by atoms with Gasteiger partial charge in [-0.15, -0.1) is 0 Å². The van der Waals surface area contributed by atoms with Crippen LogP contribution in [0.15, 0.2) is 0 Å². The number of methoxy groups -OCH3 is 1. The summed E-state index contributed by atoms with van der Waals surface area (Å²) in [7, 11) is 1.44. The molecule has 1 atom stereocenters. The molecule has 0 aromatic rings. The summed E-state index contributed by atoms with van der Waals surface area (Å²) in [5.74, 6) is -0.187. The normalized spacial score (nSPS) is 14.4. The second-order valence-corrected chi connectivity index (χ2v) is 5.55. The van der Waals surface area contributed by atoms with Gasteiger partial charge < -0.3 is 9.47 Å². The number of carbonyl (C=O) groups excluding carboxylic acids is 1. The van der Waals surface area contributed by atoms with Crippen molar-refractivity contribution < 1.29 is 14.3 Å². The second-order valence-electron chi connectivity index (χ2n) is 5.55. The van der Waals surface area contributed by atoms with E-state index in [4.69, 9.17) is 9.47 Å². The van der Waals surface area contributed by atoms with Gasteiger partial charge in [0, 0.05) is 19.3 Å². The summed E-state index contributed by atoms with van der Waals surface area (Å²) in [5, 5.41) is 3.30. The molecule has 0 heterocycles. The highest BCUT2D eigenvalue weighted by molar-refractivity contribution is 5.80. The van der Waals surface area contributed by atoms with Crippen LogP contribution >= 0.6 is 0 Å². The van der Waals surface area contributed by atoms with Crippen LogP contribution in [0.1, 0.15) is 59.8 Å². The number of nitrogens with one attached hydrogen (secondary N) is 1. The van der Waals surface area contributed by atoms with E-state index in [1.165, 1.54) is 13.5 Å². The van der Waals surface area contributed by atoms with Crippen LogP contribution in [-0.2, 0) is 14.3 Å². The summed E-state index contributed by atoms with van der Waals surface area (Å²) in [6, 6.07) is 0.255. The molecule has 0 saturated carbocycles. The minimum absolute atomic E-state index is 0.187. The van der Waals surface area contributed by atoms with E-state index >= 15 is 0 Å². The van der Waals surface area contributed by atoms with Crippen LogP contribution in [0.2, 0.25) is 0 Å². The molecule has 0 aliphatic rings. The lowest BCUT2D eigenvalue weighted by Gasteiger charge is -2.30. The first-order chi connectivity index (χ1) is 8.96. The molecular formula is C15H31NO3. The maximum absolute atomic E-state index is 11.9. The molecule has 0 bridgehead atoms. The average molecular weight is 273 g/mol.